The van der Waals surface area contributed by atoms with Crippen LogP contribution in [0.1, 0.15) is 6.42 Å². The summed E-state index contributed by atoms with van der Waals surface area (Å²) in [4.78, 5) is 0. The molecule has 0 saturated heterocycles. The van der Waals surface area contributed by atoms with Crippen LogP contribution in [0, 0.1) is 5.92 Å². The first-order valence-electron chi connectivity index (χ1n) is 2.78. The molecule has 0 aromatic rings. The van der Waals surface area contributed by atoms with Gasteiger partial charge in [0.1, 0.15) is 0 Å². The average molecular weight is 128 g/mol. The van der Waals surface area contributed by atoms with Gasteiger partial charge in [0.05, 0.1) is 0 Å². The summed E-state index contributed by atoms with van der Waals surface area (Å²) in [6, 6.07) is 0. The summed E-state index contributed by atoms with van der Waals surface area (Å²) in [7, 11) is 2.69. The van der Waals surface area contributed by atoms with Crippen LogP contribution in [0.15, 0.2) is 25.3 Å². The first-order chi connectivity index (χ1) is 3.85. The first kappa shape index (κ1) is 7.91. The molecule has 0 spiro atoms. The van der Waals surface area contributed by atoms with E-state index in [2.05, 4.69) is 22.4 Å². The molecular formula is C7H13P. The molecule has 0 bridgehead atoms. The molecule has 0 amide bonds. The fourth-order valence-corrected chi connectivity index (χ4v) is 0.888. The Morgan fingerprint density at radius 3 is 2.25 bits per heavy atom. The van der Waals surface area contributed by atoms with Gasteiger partial charge in [0, 0.05) is 0 Å². The van der Waals surface area contributed by atoms with Crippen LogP contribution in [-0.4, -0.2) is 6.16 Å². The lowest BCUT2D eigenvalue weighted by molar-refractivity contribution is 0.761. The Hall–Kier alpha value is -0.0900. The van der Waals surface area contributed by atoms with Gasteiger partial charge in [0.25, 0.3) is 0 Å². The van der Waals surface area contributed by atoms with Gasteiger partial charge < -0.3 is 0 Å². The molecule has 0 aromatic heterocycles. The molecule has 0 nitrogen and oxygen atoms in total. The van der Waals surface area contributed by atoms with Gasteiger partial charge >= 0.3 is 0 Å². The minimum absolute atomic E-state index is 0.609. The Morgan fingerprint density at radius 2 is 2.12 bits per heavy atom. The Labute approximate surface area is 53.9 Å². The quantitative estimate of drug-likeness (QED) is 0.402. The van der Waals surface area contributed by atoms with E-state index in [0.717, 1.165) is 12.6 Å². The van der Waals surface area contributed by atoms with Crippen molar-refractivity contribution in [3.05, 3.63) is 25.3 Å². The summed E-state index contributed by atoms with van der Waals surface area (Å²) in [6.45, 7) is 7.33. The largest absolute Gasteiger partial charge is 0.137 e. The van der Waals surface area contributed by atoms with Crippen molar-refractivity contribution in [3.8, 4) is 0 Å². The molecule has 0 aliphatic rings. The Bertz CT molecular complexity index is 76.5. The maximum absolute atomic E-state index is 3.69. The van der Waals surface area contributed by atoms with Crippen molar-refractivity contribution < 1.29 is 0 Å². The van der Waals surface area contributed by atoms with Crippen LogP contribution in [0.25, 0.3) is 0 Å². The zero-order valence-corrected chi connectivity index (χ0v) is 6.29. The number of rotatable bonds is 4. The van der Waals surface area contributed by atoms with Crippen molar-refractivity contribution in [2.24, 2.45) is 5.92 Å². The third kappa shape index (κ3) is 2.98. The van der Waals surface area contributed by atoms with Gasteiger partial charge in [-0.1, -0.05) is 12.2 Å². The van der Waals surface area contributed by atoms with Crippen molar-refractivity contribution in [1.29, 1.82) is 0 Å². The lowest BCUT2D eigenvalue weighted by Gasteiger charge is -2.02. The van der Waals surface area contributed by atoms with Crippen LogP contribution in [0.3, 0.4) is 0 Å². The predicted octanol–water partition coefficient (Wildman–Crippen LogP) is 2.24. The fourth-order valence-electron chi connectivity index (χ4n) is 0.503. The summed E-state index contributed by atoms with van der Waals surface area (Å²) in [6.07, 6.45) is 6.04. The Balaban J connectivity index is 3.35. The van der Waals surface area contributed by atoms with E-state index in [0.29, 0.717) is 5.92 Å². The third-order valence-corrected chi connectivity index (χ3v) is 1.71. The second-order valence-electron chi connectivity index (χ2n) is 1.76. The van der Waals surface area contributed by atoms with Gasteiger partial charge in [-0.15, -0.1) is 22.4 Å². The summed E-state index contributed by atoms with van der Waals surface area (Å²) >= 11 is 0. The standard InChI is InChI=1S/C7H13P/c1-3-5-7(4-2)6-8/h3-4,7H,1-2,5-6,8H2. The van der Waals surface area contributed by atoms with Crippen molar-refractivity contribution in [1.82, 2.24) is 0 Å². The fraction of sp³-hybridized carbons (Fsp3) is 0.429. The van der Waals surface area contributed by atoms with E-state index < -0.39 is 0 Å². The van der Waals surface area contributed by atoms with Crippen LogP contribution in [0.5, 0.6) is 0 Å². The zero-order valence-electron chi connectivity index (χ0n) is 5.14. The van der Waals surface area contributed by atoms with Crippen molar-refractivity contribution in [2.75, 3.05) is 6.16 Å². The van der Waals surface area contributed by atoms with Gasteiger partial charge in [-0.2, -0.15) is 0 Å². The highest BCUT2D eigenvalue weighted by Crippen LogP contribution is 2.07. The summed E-state index contributed by atoms with van der Waals surface area (Å²) in [5, 5.41) is 0. The van der Waals surface area contributed by atoms with E-state index in [1.165, 1.54) is 0 Å². The second-order valence-corrected chi connectivity index (χ2v) is 2.23. The molecule has 0 radical (unpaired) electrons. The molecule has 2 unspecified atom stereocenters. The van der Waals surface area contributed by atoms with Crippen LogP contribution in [-0.2, 0) is 0 Å². The second kappa shape index (κ2) is 5.05. The summed E-state index contributed by atoms with van der Waals surface area (Å²) in [5.41, 5.74) is 0. The molecule has 0 heterocycles. The molecule has 0 N–H and O–H groups in total. The lowest BCUT2D eigenvalue weighted by atomic mass is 10.1. The number of allylic oxidation sites excluding steroid dienone is 2. The van der Waals surface area contributed by atoms with E-state index in [-0.39, 0.29) is 0 Å². The highest BCUT2D eigenvalue weighted by Gasteiger charge is 1.94. The highest BCUT2D eigenvalue weighted by molar-refractivity contribution is 7.16. The van der Waals surface area contributed by atoms with Gasteiger partial charge in [-0.25, -0.2) is 0 Å². The van der Waals surface area contributed by atoms with E-state index in [1.54, 1.807) is 0 Å². The van der Waals surface area contributed by atoms with Crippen molar-refractivity contribution >= 4 is 9.24 Å². The van der Waals surface area contributed by atoms with E-state index in [9.17, 15) is 0 Å². The minimum atomic E-state index is 0.609. The Morgan fingerprint density at radius 1 is 1.50 bits per heavy atom. The maximum atomic E-state index is 3.69. The Kier molecular flexibility index (Phi) is 5.00. The third-order valence-electron chi connectivity index (χ3n) is 1.11. The number of hydrogen-bond acceptors (Lipinski definition) is 0. The monoisotopic (exact) mass is 128 g/mol. The van der Waals surface area contributed by atoms with Crippen molar-refractivity contribution in [3.63, 3.8) is 0 Å². The lowest BCUT2D eigenvalue weighted by Crippen LogP contribution is -1.93. The van der Waals surface area contributed by atoms with E-state index in [4.69, 9.17) is 0 Å². The average Bonchev–Trinajstić information content (AvgIpc) is 1.83. The number of hydrogen-bond donors (Lipinski definition) is 0. The highest BCUT2D eigenvalue weighted by atomic mass is 31.0. The molecule has 1 heteroatoms. The van der Waals surface area contributed by atoms with Crippen LogP contribution in [0.2, 0.25) is 0 Å². The first-order valence-corrected chi connectivity index (χ1v) is 3.60. The molecular weight excluding hydrogens is 115 g/mol. The molecule has 0 aliphatic carbocycles. The molecule has 0 aliphatic heterocycles. The van der Waals surface area contributed by atoms with Crippen molar-refractivity contribution in [2.45, 2.75) is 6.42 Å². The molecule has 46 valence electrons. The van der Waals surface area contributed by atoms with Crippen LogP contribution in [0.4, 0.5) is 0 Å². The topological polar surface area (TPSA) is 0 Å². The van der Waals surface area contributed by atoms with Gasteiger partial charge in [0.15, 0.2) is 0 Å². The summed E-state index contributed by atoms with van der Waals surface area (Å²) < 4.78 is 0. The molecule has 8 heavy (non-hydrogen) atoms. The molecule has 0 aromatic carbocycles. The molecule has 0 saturated carbocycles. The summed E-state index contributed by atoms with van der Waals surface area (Å²) in [5.74, 6) is 0.609. The van der Waals surface area contributed by atoms with Gasteiger partial charge in [-0.05, 0) is 18.5 Å². The van der Waals surface area contributed by atoms with Gasteiger partial charge in [0.2, 0.25) is 0 Å². The predicted molar refractivity (Wildman–Crippen MR) is 43.1 cm³/mol. The van der Waals surface area contributed by atoms with E-state index in [1.807, 2.05) is 12.2 Å². The normalized spacial score (nSPS) is 12.6. The van der Waals surface area contributed by atoms with Gasteiger partial charge in [-0.3, -0.25) is 0 Å². The van der Waals surface area contributed by atoms with Crippen LogP contribution < -0.4 is 0 Å². The zero-order chi connectivity index (χ0) is 6.41. The van der Waals surface area contributed by atoms with Crippen LogP contribution >= 0.6 is 9.24 Å². The smallest absolute Gasteiger partial charge is 0.0167 e. The van der Waals surface area contributed by atoms with E-state index >= 15 is 0 Å². The molecule has 0 rings (SSSR count). The SMILES string of the molecule is C=CCC(C=C)CP. The minimum Gasteiger partial charge on any atom is -0.137 e. The molecule has 0 fully saturated rings. The molecule has 2 atom stereocenters. The maximum Gasteiger partial charge on any atom is -0.0167 e.